The highest BCUT2D eigenvalue weighted by molar-refractivity contribution is 5.89. The van der Waals surface area contributed by atoms with Gasteiger partial charge in [0.2, 0.25) is 0 Å². The topological polar surface area (TPSA) is 70.4 Å². The minimum absolute atomic E-state index is 0.132. The monoisotopic (exact) mass is 350 g/mol. The zero-order valence-corrected chi connectivity index (χ0v) is 14.5. The Morgan fingerprint density at radius 2 is 1.81 bits per heavy atom. The quantitative estimate of drug-likeness (QED) is 0.639. The normalized spacial score (nSPS) is 10.4. The fourth-order valence-electron chi connectivity index (χ4n) is 2.73. The highest BCUT2D eigenvalue weighted by Gasteiger charge is 2.17. The Hall–Kier alpha value is -3.41. The maximum Gasteiger partial charge on any atom is 0.310 e. The fraction of sp³-hybridized carbons (Fsp3) is 0.150. The van der Waals surface area contributed by atoms with Crippen molar-refractivity contribution in [3.63, 3.8) is 0 Å². The minimum atomic E-state index is -0.367. The maximum atomic E-state index is 12.8. The van der Waals surface area contributed by atoms with Crippen LogP contribution in [0.4, 0.5) is 0 Å². The van der Waals surface area contributed by atoms with Crippen molar-refractivity contribution in [2.24, 2.45) is 0 Å². The van der Waals surface area contributed by atoms with E-state index in [1.165, 1.54) is 25.1 Å². The third-order valence-electron chi connectivity index (χ3n) is 4.06. The molecule has 0 saturated heterocycles. The lowest BCUT2D eigenvalue weighted by atomic mass is 10.0. The van der Waals surface area contributed by atoms with E-state index >= 15 is 0 Å². The molecule has 3 aromatic rings. The Balaban J connectivity index is 2.11. The van der Waals surface area contributed by atoms with E-state index in [0.717, 1.165) is 11.8 Å². The molecule has 6 heteroatoms. The summed E-state index contributed by atoms with van der Waals surface area (Å²) in [5, 5.41) is 4.26. The SMILES string of the molecule is COc1ccc(C=O)c(-c2cnn(Cc3ccccc3)c(=O)c2OC)c1. The summed E-state index contributed by atoms with van der Waals surface area (Å²) < 4.78 is 11.9. The smallest absolute Gasteiger partial charge is 0.310 e. The van der Waals surface area contributed by atoms with Crippen LogP contribution in [0.1, 0.15) is 15.9 Å². The summed E-state index contributed by atoms with van der Waals surface area (Å²) in [6, 6.07) is 14.6. The van der Waals surface area contributed by atoms with Gasteiger partial charge in [-0.2, -0.15) is 5.10 Å². The van der Waals surface area contributed by atoms with Gasteiger partial charge in [0.15, 0.2) is 12.0 Å². The second-order valence-electron chi connectivity index (χ2n) is 5.61. The number of aldehydes is 1. The second kappa shape index (κ2) is 7.65. The van der Waals surface area contributed by atoms with Crippen LogP contribution in [-0.2, 0) is 6.54 Å². The third-order valence-corrected chi connectivity index (χ3v) is 4.06. The summed E-state index contributed by atoms with van der Waals surface area (Å²) in [5.41, 5.74) is 1.99. The molecule has 0 unspecified atom stereocenters. The molecule has 0 amide bonds. The zero-order valence-electron chi connectivity index (χ0n) is 14.5. The number of hydrogen-bond acceptors (Lipinski definition) is 5. The van der Waals surface area contributed by atoms with Crippen molar-refractivity contribution in [2.75, 3.05) is 14.2 Å². The van der Waals surface area contributed by atoms with Crippen LogP contribution in [0.2, 0.25) is 0 Å². The van der Waals surface area contributed by atoms with Gasteiger partial charge in [-0.05, 0) is 23.8 Å². The van der Waals surface area contributed by atoms with E-state index in [0.29, 0.717) is 29.0 Å². The molecule has 0 atom stereocenters. The predicted octanol–water partition coefficient (Wildman–Crippen LogP) is 2.79. The van der Waals surface area contributed by atoms with Gasteiger partial charge in [-0.15, -0.1) is 0 Å². The van der Waals surface area contributed by atoms with Crippen LogP contribution in [-0.4, -0.2) is 30.3 Å². The van der Waals surface area contributed by atoms with Crippen LogP contribution in [0.15, 0.2) is 59.5 Å². The van der Waals surface area contributed by atoms with Crippen molar-refractivity contribution in [3.8, 4) is 22.6 Å². The summed E-state index contributed by atoms with van der Waals surface area (Å²) in [4.78, 5) is 24.2. The molecule has 2 aromatic carbocycles. The number of ether oxygens (including phenoxy) is 2. The largest absolute Gasteiger partial charge is 0.497 e. The molecule has 26 heavy (non-hydrogen) atoms. The van der Waals surface area contributed by atoms with E-state index in [4.69, 9.17) is 9.47 Å². The summed E-state index contributed by atoms with van der Waals surface area (Å²) in [7, 11) is 2.96. The second-order valence-corrected chi connectivity index (χ2v) is 5.61. The van der Waals surface area contributed by atoms with E-state index in [2.05, 4.69) is 5.10 Å². The lowest BCUT2D eigenvalue weighted by Gasteiger charge is -2.13. The molecular formula is C20H18N2O4. The molecule has 0 spiro atoms. The van der Waals surface area contributed by atoms with Crippen molar-refractivity contribution in [3.05, 3.63) is 76.2 Å². The summed E-state index contributed by atoms with van der Waals surface area (Å²) >= 11 is 0. The highest BCUT2D eigenvalue weighted by atomic mass is 16.5. The minimum Gasteiger partial charge on any atom is -0.497 e. The molecule has 0 fully saturated rings. The predicted molar refractivity (Wildman–Crippen MR) is 98.0 cm³/mol. The van der Waals surface area contributed by atoms with E-state index in [1.54, 1.807) is 18.2 Å². The molecule has 0 aliphatic rings. The van der Waals surface area contributed by atoms with Crippen molar-refractivity contribution >= 4 is 6.29 Å². The molecule has 3 rings (SSSR count). The molecule has 0 N–H and O–H groups in total. The van der Waals surface area contributed by atoms with E-state index < -0.39 is 0 Å². The van der Waals surface area contributed by atoms with E-state index in [-0.39, 0.29) is 11.3 Å². The Morgan fingerprint density at radius 3 is 2.46 bits per heavy atom. The molecule has 6 nitrogen and oxygen atoms in total. The average molecular weight is 350 g/mol. The number of nitrogens with zero attached hydrogens (tertiary/aromatic N) is 2. The summed E-state index contributed by atoms with van der Waals surface area (Å²) in [6.07, 6.45) is 2.26. The van der Waals surface area contributed by atoms with Gasteiger partial charge in [-0.25, -0.2) is 4.68 Å². The first kappa shape index (κ1) is 17.4. The Morgan fingerprint density at radius 1 is 1.04 bits per heavy atom. The van der Waals surface area contributed by atoms with Gasteiger partial charge in [0.25, 0.3) is 0 Å². The van der Waals surface area contributed by atoms with Gasteiger partial charge in [0.05, 0.1) is 32.5 Å². The number of carbonyl (C=O) groups is 1. The number of benzene rings is 2. The zero-order chi connectivity index (χ0) is 18.5. The molecule has 0 saturated carbocycles. The molecule has 0 bridgehead atoms. The standard InChI is InChI=1S/C20H18N2O4/c1-25-16-9-8-15(13-23)17(10-16)18-11-21-22(20(24)19(18)26-2)12-14-6-4-3-5-7-14/h3-11,13H,12H2,1-2H3. The van der Waals surface area contributed by atoms with Gasteiger partial charge in [0, 0.05) is 11.1 Å². The van der Waals surface area contributed by atoms with Gasteiger partial charge >= 0.3 is 5.56 Å². The van der Waals surface area contributed by atoms with Gasteiger partial charge in [-0.3, -0.25) is 9.59 Å². The van der Waals surface area contributed by atoms with Gasteiger partial charge in [0.1, 0.15) is 5.75 Å². The summed E-state index contributed by atoms with van der Waals surface area (Å²) in [6.45, 7) is 0.328. The van der Waals surface area contributed by atoms with E-state index in [1.807, 2.05) is 30.3 Å². The number of rotatable bonds is 6. The lowest BCUT2D eigenvalue weighted by molar-refractivity contribution is 0.112. The Bertz CT molecular complexity index is 981. The van der Waals surface area contributed by atoms with E-state index in [9.17, 15) is 9.59 Å². The van der Waals surface area contributed by atoms with Crippen LogP contribution in [0.3, 0.4) is 0 Å². The molecule has 0 aliphatic carbocycles. The third kappa shape index (κ3) is 3.35. The van der Waals surface area contributed by atoms with Gasteiger partial charge < -0.3 is 9.47 Å². The van der Waals surface area contributed by atoms with Crippen LogP contribution in [0.5, 0.6) is 11.5 Å². The summed E-state index contributed by atoms with van der Waals surface area (Å²) in [5.74, 6) is 0.702. The number of aromatic nitrogens is 2. The van der Waals surface area contributed by atoms with Gasteiger partial charge in [-0.1, -0.05) is 30.3 Å². The lowest BCUT2D eigenvalue weighted by Crippen LogP contribution is -2.25. The molecule has 132 valence electrons. The number of carbonyl (C=O) groups excluding carboxylic acids is 1. The first-order valence-electron chi connectivity index (χ1n) is 7.99. The molecule has 1 aromatic heterocycles. The van der Waals surface area contributed by atoms with Crippen molar-refractivity contribution in [2.45, 2.75) is 6.54 Å². The first-order valence-corrected chi connectivity index (χ1v) is 7.99. The maximum absolute atomic E-state index is 12.8. The van der Waals surface area contributed by atoms with Crippen molar-refractivity contribution in [1.82, 2.24) is 9.78 Å². The molecule has 0 radical (unpaired) electrons. The number of hydrogen-bond donors (Lipinski definition) is 0. The van der Waals surface area contributed by atoms with Crippen LogP contribution in [0.25, 0.3) is 11.1 Å². The average Bonchev–Trinajstić information content (AvgIpc) is 2.69. The molecular weight excluding hydrogens is 332 g/mol. The first-order chi connectivity index (χ1) is 12.7. The highest BCUT2D eigenvalue weighted by Crippen LogP contribution is 2.31. The van der Waals surface area contributed by atoms with Crippen molar-refractivity contribution < 1.29 is 14.3 Å². The molecule has 1 heterocycles. The Labute approximate surface area is 150 Å². The van der Waals surface area contributed by atoms with Crippen LogP contribution < -0.4 is 15.0 Å². The van der Waals surface area contributed by atoms with Crippen molar-refractivity contribution in [1.29, 1.82) is 0 Å². The Kier molecular flexibility index (Phi) is 5.12. The van der Waals surface area contributed by atoms with Crippen LogP contribution >= 0.6 is 0 Å². The van der Waals surface area contributed by atoms with Crippen LogP contribution in [0, 0.1) is 0 Å². The number of methoxy groups -OCH3 is 2. The fourth-order valence-corrected chi connectivity index (χ4v) is 2.73. The molecule has 0 aliphatic heterocycles.